The van der Waals surface area contributed by atoms with E-state index < -0.39 is 0 Å². The Hall–Kier alpha value is -1.99. The lowest BCUT2D eigenvalue weighted by Gasteiger charge is -2.29. The van der Waals surface area contributed by atoms with Gasteiger partial charge in [-0.3, -0.25) is 19.3 Å². The zero-order chi connectivity index (χ0) is 21.4. The highest BCUT2D eigenvalue weighted by Gasteiger charge is 2.52. The largest absolute Gasteiger partial charge is 0.322 e. The zero-order valence-corrected chi connectivity index (χ0v) is 19.6. The molecule has 0 bridgehead atoms. The molecule has 0 aromatic heterocycles. The van der Waals surface area contributed by atoms with Crippen molar-refractivity contribution in [3.63, 3.8) is 0 Å². The van der Waals surface area contributed by atoms with Crippen molar-refractivity contribution in [2.45, 2.75) is 35.8 Å². The molecule has 1 aliphatic carbocycles. The third-order valence-electron chi connectivity index (χ3n) is 5.95. The van der Waals surface area contributed by atoms with Gasteiger partial charge in [-0.15, -0.1) is 0 Å². The second-order valence-corrected chi connectivity index (χ2v) is 10.1. The minimum atomic E-state index is -0.288. The van der Waals surface area contributed by atoms with Gasteiger partial charge in [0.2, 0.25) is 11.8 Å². The number of imide groups is 1. The average molecular weight is 534 g/mol. The lowest BCUT2D eigenvalue weighted by Crippen LogP contribution is -2.34. The van der Waals surface area contributed by atoms with Crippen LogP contribution in [0, 0.1) is 11.8 Å². The molecule has 1 saturated heterocycles. The third kappa shape index (κ3) is 3.85. The Kier molecular flexibility index (Phi) is 6.11. The van der Waals surface area contributed by atoms with Gasteiger partial charge >= 0.3 is 0 Å². The standard InChI is InChI=1S/C23H22Br2N2O3/c1-2-13-5-3-4-6-20(13)26-21(28)14-7-9-15(10-8-14)27-22(29)16-11-18(24)19(25)12-17(16)23(27)30/h3-10,16-19H,2,11-12H2,1H3,(H,26,28)/t16-,17+,18-,19-/m0/s1. The van der Waals surface area contributed by atoms with E-state index >= 15 is 0 Å². The van der Waals surface area contributed by atoms with Gasteiger partial charge in [0.25, 0.3) is 5.91 Å². The van der Waals surface area contributed by atoms with Gasteiger partial charge < -0.3 is 5.32 Å². The molecule has 1 aliphatic heterocycles. The number of nitrogens with one attached hydrogen (secondary N) is 1. The molecule has 30 heavy (non-hydrogen) atoms. The van der Waals surface area contributed by atoms with Crippen LogP contribution >= 0.6 is 31.9 Å². The summed E-state index contributed by atoms with van der Waals surface area (Å²) in [6.45, 7) is 2.04. The summed E-state index contributed by atoms with van der Waals surface area (Å²) in [5.41, 5.74) is 2.84. The summed E-state index contributed by atoms with van der Waals surface area (Å²) in [5, 5.41) is 2.94. The summed E-state index contributed by atoms with van der Waals surface area (Å²) >= 11 is 7.21. The number of hydrogen-bond acceptors (Lipinski definition) is 3. The van der Waals surface area contributed by atoms with Crippen molar-refractivity contribution in [1.29, 1.82) is 0 Å². The minimum Gasteiger partial charge on any atom is -0.322 e. The molecule has 5 nitrogen and oxygen atoms in total. The predicted octanol–water partition coefficient (Wildman–Crippen LogP) is 4.93. The summed E-state index contributed by atoms with van der Waals surface area (Å²) in [6, 6.07) is 14.3. The van der Waals surface area contributed by atoms with Gasteiger partial charge in [0, 0.05) is 20.9 Å². The number of para-hydroxylation sites is 1. The Bertz CT molecular complexity index is 964. The molecular weight excluding hydrogens is 512 g/mol. The number of amides is 3. The number of benzene rings is 2. The molecule has 2 aliphatic rings. The fourth-order valence-electron chi connectivity index (χ4n) is 4.26. The number of anilines is 2. The predicted molar refractivity (Wildman–Crippen MR) is 124 cm³/mol. The summed E-state index contributed by atoms with van der Waals surface area (Å²) < 4.78 is 0. The van der Waals surface area contributed by atoms with Crippen LogP contribution in [-0.4, -0.2) is 27.4 Å². The Balaban J connectivity index is 1.51. The van der Waals surface area contributed by atoms with Crippen LogP contribution in [0.4, 0.5) is 11.4 Å². The Morgan fingerprint density at radius 2 is 1.53 bits per heavy atom. The summed E-state index contributed by atoms with van der Waals surface area (Å²) in [6.07, 6.45) is 2.10. The SMILES string of the molecule is CCc1ccccc1NC(=O)c1ccc(N2C(=O)[C@H]3C[C@H](Br)[C@@H](Br)C[C@H]3C2=O)cc1. The Labute approximate surface area is 192 Å². The molecule has 2 aromatic carbocycles. The molecule has 2 fully saturated rings. The van der Waals surface area contributed by atoms with Gasteiger partial charge in [-0.25, -0.2) is 0 Å². The normalized spacial score (nSPS) is 25.9. The van der Waals surface area contributed by atoms with Crippen LogP contribution in [0.3, 0.4) is 0 Å². The van der Waals surface area contributed by atoms with Gasteiger partial charge in [0.1, 0.15) is 0 Å². The zero-order valence-electron chi connectivity index (χ0n) is 16.5. The molecule has 0 spiro atoms. The molecule has 1 heterocycles. The lowest BCUT2D eigenvalue weighted by molar-refractivity contribution is -0.122. The maximum atomic E-state index is 12.9. The number of carbonyl (C=O) groups is 3. The summed E-state index contributed by atoms with van der Waals surface area (Å²) in [4.78, 5) is 40.1. The number of halogens is 2. The highest BCUT2D eigenvalue weighted by Crippen LogP contribution is 2.44. The molecule has 2 aromatic rings. The highest BCUT2D eigenvalue weighted by molar-refractivity contribution is 9.12. The van der Waals surface area contributed by atoms with Crippen molar-refractivity contribution >= 4 is 61.0 Å². The van der Waals surface area contributed by atoms with Crippen LogP contribution in [0.25, 0.3) is 0 Å². The maximum Gasteiger partial charge on any atom is 0.255 e. The van der Waals surface area contributed by atoms with E-state index in [4.69, 9.17) is 0 Å². The summed E-state index contributed by atoms with van der Waals surface area (Å²) in [5.74, 6) is -1.10. The summed E-state index contributed by atoms with van der Waals surface area (Å²) in [7, 11) is 0. The van der Waals surface area contributed by atoms with Crippen LogP contribution in [0.5, 0.6) is 0 Å². The van der Waals surface area contributed by atoms with Gasteiger partial charge in [-0.2, -0.15) is 0 Å². The van der Waals surface area contributed by atoms with E-state index in [0.29, 0.717) is 24.1 Å². The smallest absolute Gasteiger partial charge is 0.255 e. The first-order valence-corrected chi connectivity index (χ1v) is 11.9. The average Bonchev–Trinajstić information content (AvgIpc) is 2.98. The molecule has 1 N–H and O–H groups in total. The van der Waals surface area contributed by atoms with Crippen LogP contribution in [0.15, 0.2) is 48.5 Å². The van der Waals surface area contributed by atoms with E-state index in [1.54, 1.807) is 24.3 Å². The molecule has 3 amide bonds. The van der Waals surface area contributed by atoms with E-state index in [-0.39, 0.29) is 39.2 Å². The van der Waals surface area contributed by atoms with E-state index in [1.165, 1.54) is 4.90 Å². The fraction of sp³-hybridized carbons (Fsp3) is 0.348. The van der Waals surface area contributed by atoms with E-state index in [2.05, 4.69) is 37.2 Å². The van der Waals surface area contributed by atoms with Gasteiger partial charge in [0.15, 0.2) is 0 Å². The monoisotopic (exact) mass is 532 g/mol. The van der Waals surface area contributed by atoms with E-state index in [1.807, 2.05) is 31.2 Å². The maximum absolute atomic E-state index is 12.9. The van der Waals surface area contributed by atoms with Gasteiger partial charge in [0.05, 0.1) is 17.5 Å². The first-order valence-electron chi connectivity index (χ1n) is 10.1. The molecule has 1 saturated carbocycles. The molecule has 0 radical (unpaired) electrons. The van der Waals surface area contributed by atoms with Crippen molar-refractivity contribution in [1.82, 2.24) is 0 Å². The number of nitrogens with zero attached hydrogens (tertiary/aromatic N) is 1. The first-order chi connectivity index (χ1) is 14.4. The second kappa shape index (κ2) is 8.63. The molecule has 4 rings (SSSR count). The number of aryl methyl sites for hydroxylation is 1. The second-order valence-electron chi connectivity index (χ2n) is 7.74. The van der Waals surface area contributed by atoms with Crippen LogP contribution in [0.1, 0.15) is 35.7 Å². The molecule has 4 atom stereocenters. The molecule has 0 unspecified atom stereocenters. The van der Waals surface area contributed by atoms with Crippen molar-refractivity contribution in [2.75, 3.05) is 10.2 Å². The van der Waals surface area contributed by atoms with Crippen LogP contribution in [0.2, 0.25) is 0 Å². The Morgan fingerprint density at radius 1 is 0.967 bits per heavy atom. The quantitative estimate of drug-likeness (QED) is 0.447. The topological polar surface area (TPSA) is 66.5 Å². The number of alkyl halides is 2. The van der Waals surface area contributed by atoms with Crippen LogP contribution < -0.4 is 10.2 Å². The van der Waals surface area contributed by atoms with E-state index in [0.717, 1.165) is 17.7 Å². The fourth-order valence-corrected chi connectivity index (χ4v) is 5.49. The number of carbonyl (C=O) groups excluding carboxylic acids is 3. The minimum absolute atomic E-state index is 0.150. The number of hydrogen-bond donors (Lipinski definition) is 1. The van der Waals surface area contributed by atoms with Gasteiger partial charge in [-0.1, -0.05) is 57.0 Å². The van der Waals surface area contributed by atoms with E-state index in [9.17, 15) is 14.4 Å². The van der Waals surface area contributed by atoms with Crippen LogP contribution in [-0.2, 0) is 16.0 Å². The number of fused-ring (bicyclic) bond motifs is 1. The molecule has 7 heteroatoms. The van der Waals surface area contributed by atoms with Crippen molar-refractivity contribution in [2.24, 2.45) is 11.8 Å². The van der Waals surface area contributed by atoms with Gasteiger partial charge in [-0.05, 0) is 55.2 Å². The van der Waals surface area contributed by atoms with Crippen molar-refractivity contribution < 1.29 is 14.4 Å². The van der Waals surface area contributed by atoms with Crippen molar-refractivity contribution in [3.8, 4) is 0 Å². The highest BCUT2D eigenvalue weighted by atomic mass is 79.9. The number of rotatable bonds is 4. The Morgan fingerprint density at radius 3 is 2.10 bits per heavy atom. The lowest BCUT2D eigenvalue weighted by atomic mass is 9.81. The molecular formula is C23H22Br2N2O3. The van der Waals surface area contributed by atoms with Crippen molar-refractivity contribution in [3.05, 3.63) is 59.7 Å². The molecule has 156 valence electrons. The third-order valence-corrected chi connectivity index (χ3v) is 8.68. The first kappa shape index (κ1) is 21.2.